The standard InChI is InChI=1S/C23H26N4O/c1-3-22(19-7-5-4-6-8-19)27-14-13-25(16-23(27)28)20-9-11-21(12-10-20)26-15-18(2)24-17-26/h4-12,15,17,22H,3,13-14,16H2,1-2H3. The molecule has 1 unspecified atom stereocenters. The van der Waals surface area contributed by atoms with Crippen molar-refractivity contribution in [2.24, 2.45) is 0 Å². The van der Waals surface area contributed by atoms with Gasteiger partial charge in [-0.25, -0.2) is 4.98 Å². The third-order valence-electron chi connectivity index (χ3n) is 5.43. The lowest BCUT2D eigenvalue weighted by Gasteiger charge is -2.40. The van der Waals surface area contributed by atoms with E-state index in [0.29, 0.717) is 6.54 Å². The van der Waals surface area contributed by atoms with Crippen molar-refractivity contribution < 1.29 is 4.79 Å². The lowest BCUT2D eigenvalue weighted by Crippen LogP contribution is -2.51. The molecule has 1 amide bonds. The fraction of sp³-hybridized carbons (Fsp3) is 0.304. The summed E-state index contributed by atoms with van der Waals surface area (Å²) in [6.45, 7) is 6.14. The molecule has 2 aromatic carbocycles. The van der Waals surface area contributed by atoms with Crippen molar-refractivity contribution in [3.05, 3.63) is 78.4 Å². The van der Waals surface area contributed by atoms with Crippen molar-refractivity contribution in [1.82, 2.24) is 14.5 Å². The van der Waals surface area contributed by atoms with E-state index in [9.17, 15) is 4.79 Å². The smallest absolute Gasteiger partial charge is 0.242 e. The van der Waals surface area contributed by atoms with E-state index in [-0.39, 0.29) is 11.9 Å². The zero-order valence-electron chi connectivity index (χ0n) is 16.5. The molecule has 1 aliphatic heterocycles. The molecule has 1 saturated heterocycles. The van der Waals surface area contributed by atoms with Gasteiger partial charge in [0.15, 0.2) is 0 Å². The van der Waals surface area contributed by atoms with Gasteiger partial charge < -0.3 is 14.4 Å². The van der Waals surface area contributed by atoms with Gasteiger partial charge in [-0.1, -0.05) is 37.3 Å². The first kappa shape index (κ1) is 18.3. The average molecular weight is 374 g/mol. The van der Waals surface area contributed by atoms with Crippen molar-refractivity contribution in [2.75, 3.05) is 24.5 Å². The molecule has 1 aromatic heterocycles. The lowest BCUT2D eigenvalue weighted by molar-refractivity contribution is -0.133. The summed E-state index contributed by atoms with van der Waals surface area (Å²) in [5.74, 6) is 0.191. The summed E-state index contributed by atoms with van der Waals surface area (Å²) in [7, 11) is 0. The first-order valence-corrected chi connectivity index (χ1v) is 9.86. The van der Waals surface area contributed by atoms with Crippen LogP contribution < -0.4 is 4.90 Å². The molecule has 0 N–H and O–H groups in total. The van der Waals surface area contributed by atoms with Gasteiger partial charge in [0.05, 0.1) is 24.6 Å². The predicted octanol–water partition coefficient (Wildman–Crippen LogP) is 3.98. The minimum absolute atomic E-state index is 0.155. The first-order valence-electron chi connectivity index (χ1n) is 9.86. The number of rotatable bonds is 5. The van der Waals surface area contributed by atoms with Crippen LogP contribution in [0.15, 0.2) is 67.1 Å². The third kappa shape index (κ3) is 3.65. The molecule has 0 aliphatic carbocycles. The zero-order chi connectivity index (χ0) is 19.5. The maximum atomic E-state index is 12.9. The van der Waals surface area contributed by atoms with Crippen LogP contribution in [0.2, 0.25) is 0 Å². The molecule has 1 aliphatic rings. The summed E-state index contributed by atoms with van der Waals surface area (Å²) in [6.07, 6.45) is 4.75. The Bertz CT molecular complexity index is 933. The van der Waals surface area contributed by atoms with Crippen molar-refractivity contribution in [2.45, 2.75) is 26.3 Å². The topological polar surface area (TPSA) is 41.4 Å². The quantitative estimate of drug-likeness (QED) is 0.678. The molecule has 2 heterocycles. The molecule has 0 spiro atoms. The van der Waals surface area contributed by atoms with E-state index < -0.39 is 0 Å². The summed E-state index contributed by atoms with van der Waals surface area (Å²) in [5, 5.41) is 0. The number of hydrogen-bond donors (Lipinski definition) is 0. The zero-order valence-corrected chi connectivity index (χ0v) is 16.5. The molecule has 144 valence electrons. The van der Waals surface area contributed by atoms with Crippen LogP contribution in [-0.4, -0.2) is 40.0 Å². The lowest BCUT2D eigenvalue weighted by atomic mass is 10.0. The largest absolute Gasteiger partial charge is 0.360 e. The van der Waals surface area contributed by atoms with E-state index >= 15 is 0 Å². The normalized spacial score (nSPS) is 15.7. The van der Waals surface area contributed by atoms with Crippen LogP contribution in [0.3, 0.4) is 0 Å². The third-order valence-corrected chi connectivity index (χ3v) is 5.43. The van der Waals surface area contributed by atoms with Gasteiger partial charge >= 0.3 is 0 Å². The fourth-order valence-electron chi connectivity index (χ4n) is 3.95. The van der Waals surface area contributed by atoms with Gasteiger partial charge in [0.1, 0.15) is 0 Å². The summed E-state index contributed by atoms with van der Waals surface area (Å²) in [5.41, 5.74) is 4.37. The van der Waals surface area contributed by atoms with Gasteiger partial charge in [-0.3, -0.25) is 4.79 Å². The molecule has 28 heavy (non-hydrogen) atoms. The molecule has 0 radical (unpaired) electrons. The van der Waals surface area contributed by atoms with E-state index in [0.717, 1.165) is 36.6 Å². The highest BCUT2D eigenvalue weighted by Gasteiger charge is 2.29. The van der Waals surface area contributed by atoms with Crippen LogP contribution in [0, 0.1) is 6.92 Å². The molecule has 3 aromatic rings. The summed E-state index contributed by atoms with van der Waals surface area (Å²) in [6, 6.07) is 18.8. The predicted molar refractivity (Wildman–Crippen MR) is 112 cm³/mol. The number of nitrogens with zero attached hydrogens (tertiary/aromatic N) is 4. The Kier molecular flexibility index (Phi) is 5.15. The van der Waals surface area contributed by atoms with Gasteiger partial charge in [-0.15, -0.1) is 0 Å². The fourth-order valence-corrected chi connectivity index (χ4v) is 3.95. The van der Waals surface area contributed by atoms with Crippen LogP contribution in [0.1, 0.15) is 30.6 Å². The van der Waals surface area contributed by atoms with E-state index in [1.54, 1.807) is 0 Å². The maximum Gasteiger partial charge on any atom is 0.242 e. The number of anilines is 1. The Morgan fingerprint density at radius 1 is 1.00 bits per heavy atom. The number of benzene rings is 2. The number of aromatic nitrogens is 2. The highest BCUT2D eigenvalue weighted by molar-refractivity contribution is 5.83. The summed E-state index contributed by atoms with van der Waals surface area (Å²) >= 11 is 0. The molecule has 0 bridgehead atoms. The number of imidazole rings is 1. The Morgan fingerprint density at radius 2 is 1.71 bits per heavy atom. The Morgan fingerprint density at radius 3 is 2.32 bits per heavy atom. The second-order valence-corrected chi connectivity index (χ2v) is 7.28. The highest BCUT2D eigenvalue weighted by Crippen LogP contribution is 2.27. The van der Waals surface area contributed by atoms with E-state index in [1.807, 2.05) is 47.1 Å². The van der Waals surface area contributed by atoms with Crippen molar-refractivity contribution in [1.29, 1.82) is 0 Å². The van der Waals surface area contributed by atoms with Gasteiger partial charge in [0.25, 0.3) is 0 Å². The van der Waals surface area contributed by atoms with Crippen LogP contribution in [-0.2, 0) is 4.79 Å². The Labute approximate surface area is 166 Å². The summed E-state index contributed by atoms with van der Waals surface area (Å²) < 4.78 is 2.01. The van der Waals surface area contributed by atoms with E-state index in [2.05, 4.69) is 53.2 Å². The molecule has 0 saturated carbocycles. The van der Waals surface area contributed by atoms with Gasteiger partial charge in [0, 0.05) is 30.7 Å². The number of piperazine rings is 1. The van der Waals surface area contributed by atoms with Crippen LogP contribution in [0.4, 0.5) is 5.69 Å². The maximum absolute atomic E-state index is 12.9. The molecule has 4 rings (SSSR count). The molecule has 5 nitrogen and oxygen atoms in total. The minimum Gasteiger partial charge on any atom is -0.360 e. The molecule has 1 atom stereocenters. The van der Waals surface area contributed by atoms with Gasteiger partial charge in [-0.2, -0.15) is 0 Å². The number of aryl methyl sites for hydroxylation is 1. The number of carbonyl (C=O) groups is 1. The second kappa shape index (κ2) is 7.89. The van der Waals surface area contributed by atoms with Crippen LogP contribution >= 0.6 is 0 Å². The van der Waals surface area contributed by atoms with Crippen molar-refractivity contribution in [3.8, 4) is 5.69 Å². The molecule has 5 heteroatoms. The number of hydrogen-bond acceptors (Lipinski definition) is 3. The van der Waals surface area contributed by atoms with Gasteiger partial charge in [0.2, 0.25) is 5.91 Å². The van der Waals surface area contributed by atoms with Crippen LogP contribution in [0.25, 0.3) is 5.69 Å². The Balaban J connectivity index is 1.46. The van der Waals surface area contributed by atoms with Crippen molar-refractivity contribution in [3.63, 3.8) is 0 Å². The Hall–Kier alpha value is -3.08. The minimum atomic E-state index is 0.155. The molecular weight excluding hydrogens is 348 g/mol. The highest BCUT2D eigenvalue weighted by atomic mass is 16.2. The average Bonchev–Trinajstić information content (AvgIpc) is 3.17. The summed E-state index contributed by atoms with van der Waals surface area (Å²) in [4.78, 5) is 21.4. The second-order valence-electron chi connectivity index (χ2n) is 7.28. The number of amides is 1. The van der Waals surface area contributed by atoms with Gasteiger partial charge in [-0.05, 0) is 43.2 Å². The molecule has 1 fully saturated rings. The van der Waals surface area contributed by atoms with Crippen LogP contribution in [0.5, 0.6) is 0 Å². The SMILES string of the molecule is CCC(c1ccccc1)N1CCN(c2ccc(-n3cnc(C)c3)cc2)CC1=O. The molecular formula is C23H26N4O. The first-order chi connectivity index (χ1) is 13.7. The van der Waals surface area contributed by atoms with Crippen molar-refractivity contribution >= 4 is 11.6 Å². The number of carbonyl (C=O) groups excluding carboxylic acids is 1. The van der Waals surface area contributed by atoms with E-state index in [1.165, 1.54) is 5.56 Å². The monoisotopic (exact) mass is 374 g/mol. The van der Waals surface area contributed by atoms with E-state index in [4.69, 9.17) is 0 Å².